The molecule has 0 radical (unpaired) electrons. The minimum atomic E-state index is 0.421. The summed E-state index contributed by atoms with van der Waals surface area (Å²) < 4.78 is 0.421. The highest BCUT2D eigenvalue weighted by Crippen LogP contribution is 2.43. The zero-order valence-electron chi connectivity index (χ0n) is 9.42. The van der Waals surface area contributed by atoms with Crippen LogP contribution in [0.15, 0.2) is 18.2 Å². The van der Waals surface area contributed by atoms with Gasteiger partial charge in [-0.15, -0.1) is 0 Å². The fraction of sp³-hybridized carbons (Fsp3) is 0.500. The van der Waals surface area contributed by atoms with Gasteiger partial charge in [0, 0.05) is 17.0 Å². The molecule has 2 nitrogen and oxygen atoms in total. The van der Waals surface area contributed by atoms with E-state index in [0.29, 0.717) is 15.5 Å². The van der Waals surface area contributed by atoms with Crippen LogP contribution in [-0.2, 0) is 0 Å². The van der Waals surface area contributed by atoms with E-state index in [1.165, 1.54) is 19.3 Å². The van der Waals surface area contributed by atoms with Crippen LogP contribution in [0.3, 0.4) is 0 Å². The number of nitrogens with two attached hydrogens (primary N) is 1. The van der Waals surface area contributed by atoms with Gasteiger partial charge < -0.3 is 11.1 Å². The molecule has 0 amide bonds. The molecule has 0 aliphatic heterocycles. The van der Waals surface area contributed by atoms with Crippen molar-refractivity contribution in [3.05, 3.63) is 23.2 Å². The Bertz CT molecular complexity index is 372. The van der Waals surface area contributed by atoms with Gasteiger partial charge in [0.1, 0.15) is 0 Å². The number of thioether (sulfide) groups is 1. The number of nitrogen functional groups attached to an aromatic ring is 1. The van der Waals surface area contributed by atoms with Gasteiger partial charge in [-0.3, -0.25) is 0 Å². The molecule has 0 spiro atoms. The number of nitrogens with one attached hydrogen (secondary N) is 1. The molecule has 2 rings (SSSR count). The second-order valence-corrected chi connectivity index (χ2v) is 6.02. The lowest BCUT2D eigenvalue weighted by Crippen LogP contribution is -2.40. The third-order valence-electron chi connectivity index (χ3n) is 3.29. The standard InChI is InChI=1S/C12H17ClN2S/c1-16-12(5-2-6-12)8-15-11-4-3-9(14)7-10(11)13/h3-4,7,15H,2,5-6,8,14H2,1H3. The molecule has 1 saturated carbocycles. The van der Waals surface area contributed by atoms with Crippen molar-refractivity contribution in [2.45, 2.75) is 24.0 Å². The summed E-state index contributed by atoms with van der Waals surface area (Å²) in [7, 11) is 0. The quantitative estimate of drug-likeness (QED) is 0.808. The van der Waals surface area contributed by atoms with E-state index in [1.807, 2.05) is 23.9 Å². The Kier molecular flexibility index (Phi) is 3.55. The topological polar surface area (TPSA) is 38.0 Å². The number of benzene rings is 1. The molecule has 0 aromatic heterocycles. The fourth-order valence-electron chi connectivity index (χ4n) is 1.96. The summed E-state index contributed by atoms with van der Waals surface area (Å²) in [5, 5.41) is 4.13. The fourth-order valence-corrected chi connectivity index (χ4v) is 3.12. The van der Waals surface area contributed by atoms with Gasteiger partial charge in [-0.05, 0) is 37.3 Å². The zero-order chi connectivity index (χ0) is 11.6. The van der Waals surface area contributed by atoms with Gasteiger partial charge >= 0.3 is 0 Å². The number of hydrogen-bond donors (Lipinski definition) is 2. The summed E-state index contributed by atoms with van der Waals surface area (Å²) in [6, 6.07) is 5.61. The molecule has 1 aromatic carbocycles. The molecular formula is C12H17ClN2S. The van der Waals surface area contributed by atoms with E-state index in [0.717, 1.165) is 12.2 Å². The molecule has 1 aromatic rings. The van der Waals surface area contributed by atoms with Gasteiger partial charge in [0.05, 0.1) is 10.7 Å². The van der Waals surface area contributed by atoms with Crippen LogP contribution in [0.5, 0.6) is 0 Å². The Hall–Kier alpha value is -0.540. The van der Waals surface area contributed by atoms with Crippen LogP contribution >= 0.6 is 23.4 Å². The number of halogens is 1. The largest absolute Gasteiger partial charge is 0.399 e. The summed E-state index contributed by atoms with van der Waals surface area (Å²) in [5.41, 5.74) is 7.35. The van der Waals surface area contributed by atoms with Crippen LogP contribution in [0.2, 0.25) is 5.02 Å². The van der Waals surface area contributed by atoms with Crippen LogP contribution < -0.4 is 11.1 Å². The van der Waals surface area contributed by atoms with Crippen molar-refractivity contribution < 1.29 is 0 Å². The van der Waals surface area contributed by atoms with Gasteiger partial charge in [-0.1, -0.05) is 18.0 Å². The van der Waals surface area contributed by atoms with Crippen molar-refractivity contribution in [1.82, 2.24) is 0 Å². The molecular weight excluding hydrogens is 240 g/mol. The van der Waals surface area contributed by atoms with Crippen molar-refractivity contribution in [2.75, 3.05) is 23.9 Å². The molecule has 0 heterocycles. The average Bonchev–Trinajstić information content (AvgIpc) is 2.19. The molecule has 88 valence electrons. The predicted octanol–water partition coefficient (Wildman–Crippen LogP) is 3.62. The molecule has 3 N–H and O–H groups in total. The van der Waals surface area contributed by atoms with Crippen molar-refractivity contribution in [3.63, 3.8) is 0 Å². The minimum absolute atomic E-state index is 0.421. The lowest BCUT2D eigenvalue weighted by Gasteiger charge is -2.40. The third-order valence-corrected chi connectivity index (χ3v) is 5.02. The minimum Gasteiger partial charge on any atom is -0.399 e. The molecule has 0 saturated heterocycles. The van der Waals surface area contributed by atoms with Crippen molar-refractivity contribution in [3.8, 4) is 0 Å². The maximum Gasteiger partial charge on any atom is 0.0657 e. The molecule has 1 fully saturated rings. The molecule has 1 aliphatic carbocycles. The van der Waals surface area contributed by atoms with E-state index in [2.05, 4.69) is 11.6 Å². The van der Waals surface area contributed by atoms with Crippen LogP contribution in [0, 0.1) is 0 Å². The van der Waals surface area contributed by atoms with Gasteiger partial charge in [0.15, 0.2) is 0 Å². The third kappa shape index (κ3) is 2.41. The first-order chi connectivity index (χ1) is 7.65. The number of rotatable bonds is 4. The van der Waals surface area contributed by atoms with Gasteiger partial charge in [-0.2, -0.15) is 11.8 Å². The predicted molar refractivity (Wildman–Crippen MR) is 74.5 cm³/mol. The van der Waals surface area contributed by atoms with E-state index in [4.69, 9.17) is 17.3 Å². The highest BCUT2D eigenvalue weighted by atomic mass is 35.5. The molecule has 0 unspecified atom stereocenters. The van der Waals surface area contributed by atoms with E-state index >= 15 is 0 Å². The Labute approximate surface area is 106 Å². The smallest absolute Gasteiger partial charge is 0.0657 e. The van der Waals surface area contributed by atoms with E-state index < -0.39 is 0 Å². The molecule has 1 aliphatic rings. The SMILES string of the molecule is CSC1(CNc2ccc(N)cc2Cl)CCC1. The summed E-state index contributed by atoms with van der Waals surface area (Å²) in [6.07, 6.45) is 6.13. The monoisotopic (exact) mass is 256 g/mol. The average molecular weight is 257 g/mol. The summed E-state index contributed by atoms with van der Waals surface area (Å²) >= 11 is 8.07. The van der Waals surface area contributed by atoms with E-state index in [1.54, 1.807) is 6.07 Å². The van der Waals surface area contributed by atoms with Crippen molar-refractivity contribution in [1.29, 1.82) is 0 Å². The highest BCUT2D eigenvalue weighted by Gasteiger charge is 2.35. The highest BCUT2D eigenvalue weighted by molar-refractivity contribution is 8.00. The molecule has 0 atom stereocenters. The summed E-state index contributed by atoms with van der Waals surface area (Å²) in [5.74, 6) is 0. The maximum atomic E-state index is 6.11. The molecule has 4 heteroatoms. The van der Waals surface area contributed by atoms with Gasteiger partial charge in [0.25, 0.3) is 0 Å². The van der Waals surface area contributed by atoms with Crippen LogP contribution in [0.1, 0.15) is 19.3 Å². The Morgan fingerprint density at radius 2 is 2.25 bits per heavy atom. The first-order valence-corrected chi connectivity index (χ1v) is 7.09. The van der Waals surface area contributed by atoms with Crippen molar-refractivity contribution >= 4 is 34.7 Å². The lowest BCUT2D eigenvalue weighted by molar-refractivity contribution is 0.380. The Morgan fingerprint density at radius 3 is 2.75 bits per heavy atom. The summed E-state index contributed by atoms with van der Waals surface area (Å²) in [6.45, 7) is 0.984. The second-order valence-electron chi connectivity index (χ2n) is 4.33. The Morgan fingerprint density at radius 1 is 1.50 bits per heavy atom. The maximum absolute atomic E-state index is 6.11. The summed E-state index contributed by atoms with van der Waals surface area (Å²) in [4.78, 5) is 0. The van der Waals surface area contributed by atoms with Crippen molar-refractivity contribution in [2.24, 2.45) is 0 Å². The van der Waals surface area contributed by atoms with E-state index in [9.17, 15) is 0 Å². The first kappa shape index (κ1) is 11.9. The van der Waals surface area contributed by atoms with Gasteiger partial charge in [0.2, 0.25) is 0 Å². The zero-order valence-corrected chi connectivity index (χ0v) is 11.0. The molecule has 16 heavy (non-hydrogen) atoms. The van der Waals surface area contributed by atoms with Crippen LogP contribution in [-0.4, -0.2) is 17.5 Å². The first-order valence-electron chi connectivity index (χ1n) is 5.49. The number of hydrogen-bond acceptors (Lipinski definition) is 3. The van der Waals surface area contributed by atoms with Crippen LogP contribution in [0.4, 0.5) is 11.4 Å². The Balaban J connectivity index is 1.99. The van der Waals surface area contributed by atoms with E-state index in [-0.39, 0.29) is 0 Å². The normalized spacial score (nSPS) is 17.9. The molecule has 0 bridgehead atoms. The number of anilines is 2. The van der Waals surface area contributed by atoms with Crippen LogP contribution in [0.25, 0.3) is 0 Å². The lowest BCUT2D eigenvalue weighted by atomic mass is 9.84. The van der Waals surface area contributed by atoms with Gasteiger partial charge in [-0.25, -0.2) is 0 Å². The second kappa shape index (κ2) is 4.76.